The molecule has 3 aromatic carbocycles. The third-order valence-corrected chi connectivity index (χ3v) is 4.78. The topological polar surface area (TPSA) is 59.6 Å². The van der Waals surface area contributed by atoms with Crippen molar-refractivity contribution >= 4 is 28.1 Å². The number of rotatable bonds is 7. The Morgan fingerprint density at radius 1 is 1.00 bits per heavy atom. The first-order valence-corrected chi connectivity index (χ1v) is 9.63. The number of fused-ring (bicyclic) bond motifs is 1. The van der Waals surface area contributed by atoms with Crippen LogP contribution >= 0.6 is 0 Å². The molecular formula is C23H24N2O3. The van der Waals surface area contributed by atoms with Crippen LogP contribution in [0.1, 0.15) is 12.8 Å². The molecule has 0 aromatic heterocycles. The van der Waals surface area contributed by atoms with Gasteiger partial charge in [0.05, 0.1) is 12.6 Å². The molecule has 144 valence electrons. The highest BCUT2D eigenvalue weighted by Crippen LogP contribution is 2.21. The predicted octanol–water partition coefficient (Wildman–Crippen LogP) is 4.45. The number of hydrogen-bond donors (Lipinski definition) is 2. The lowest BCUT2D eigenvalue weighted by Crippen LogP contribution is -2.21. The summed E-state index contributed by atoms with van der Waals surface area (Å²) in [6, 6.07) is 21.7. The van der Waals surface area contributed by atoms with Crippen molar-refractivity contribution in [3.05, 3.63) is 66.7 Å². The minimum Gasteiger partial charge on any atom is -0.491 e. The maximum absolute atomic E-state index is 12.3. The minimum absolute atomic E-state index is 0.107. The van der Waals surface area contributed by atoms with Crippen molar-refractivity contribution in [1.29, 1.82) is 0 Å². The summed E-state index contributed by atoms with van der Waals surface area (Å²) in [5.41, 5.74) is 1.64. The van der Waals surface area contributed by atoms with E-state index in [9.17, 15) is 4.79 Å². The van der Waals surface area contributed by atoms with Crippen LogP contribution in [0.25, 0.3) is 10.8 Å². The molecule has 28 heavy (non-hydrogen) atoms. The maximum Gasteiger partial charge on any atom is 0.243 e. The summed E-state index contributed by atoms with van der Waals surface area (Å²) in [7, 11) is 0. The van der Waals surface area contributed by atoms with E-state index < -0.39 is 0 Å². The van der Waals surface area contributed by atoms with Crippen LogP contribution in [0.5, 0.6) is 5.75 Å². The van der Waals surface area contributed by atoms with Crippen molar-refractivity contribution in [3.8, 4) is 5.75 Å². The van der Waals surface area contributed by atoms with Crippen molar-refractivity contribution in [3.63, 3.8) is 0 Å². The van der Waals surface area contributed by atoms with Crippen molar-refractivity contribution in [2.75, 3.05) is 30.4 Å². The molecule has 1 saturated heterocycles. The number of benzene rings is 3. The highest BCUT2D eigenvalue weighted by Gasteiger charge is 2.16. The van der Waals surface area contributed by atoms with E-state index in [-0.39, 0.29) is 18.6 Å². The van der Waals surface area contributed by atoms with Gasteiger partial charge in [-0.05, 0) is 47.9 Å². The molecule has 0 aliphatic carbocycles. The van der Waals surface area contributed by atoms with Gasteiger partial charge in [0.25, 0.3) is 0 Å². The van der Waals surface area contributed by atoms with Gasteiger partial charge in [-0.1, -0.05) is 36.4 Å². The molecule has 2 N–H and O–H groups in total. The fraction of sp³-hybridized carbons (Fsp3) is 0.261. The van der Waals surface area contributed by atoms with Gasteiger partial charge in [-0.15, -0.1) is 0 Å². The van der Waals surface area contributed by atoms with Crippen LogP contribution in [0.2, 0.25) is 0 Å². The van der Waals surface area contributed by atoms with Crippen LogP contribution < -0.4 is 15.4 Å². The van der Waals surface area contributed by atoms with E-state index >= 15 is 0 Å². The average molecular weight is 376 g/mol. The molecule has 0 radical (unpaired) electrons. The third-order valence-electron chi connectivity index (χ3n) is 4.78. The lowest BCUT2D eigenvalue weighted by molar-refractivity contribution is -0.114. The number of ether oxygens (including phenoxy) is 2. The number of carbonyl (C=O) groups is 1. The molecule has 0 spiro atoms. The largest absolute Gasteiger partial charge is 0.491 e. The maximum atomic E-state index is 12.3. The summed E-state index contributed by atoms with van der Waals surface area (Å²) in [6.07, 6.45) is 2.30. The van der Waals surface area contributed by atoms with Crippen molar-refractivity contribution in [1.82, 2.24) is 0 Å². The molecule has 0 saturated carbocycles. The molecule has 5 nitrogen and oxygen atoms in total. The zero-order valence-electron chi connectivity index (χ0n) is 15.7. The second kappa shape index (κ2) is 8.76. The Labute approximate surface area is 164 Å². The third kappa shape index (κ3) is 4.81. The summed E-state index contributed by atoms with van der Waals surface area (Å²) in [4.78, 5) is 12.3. The zero-order chi connectivity index (χ0) is 19.2. The number of hydrogen-bond acceptors (Lipinski definition) is 4. The molecule has 1 aliphatic rings. The molecule has 1 heterocycles. The quantitative estimate of drug-likeness (QED) is 0.640. The predicted molar refractivity (Wildman–Crippen MR) is 112 cm³/mol. The molecule has 5 heteroatoms. The van der Waals surface area contributed by atoms with E-state index in [4.69, 9.17) is 9.47 Å². The highest BCUT2D eigenvalue weighted by molar-refractivity contribution is 5.94. The van der Waals surface area contributed by atoms with Crippen LogP contribution in [0, 0.1) is 0 Å². The number of carbonyl (C=O) groups excluding carboxylic acids is 1. The van der Waals surface area contributed by atoms with Crippen molar-refractivity contribution in [2.45, 2.75) is 18.9 Å². The molecule has 1 atom stereocenters. The Balaban J connectivity index is 1.29. The smallest absolute Gasteiger partial charge is 0.243 e. The SMILES string of the molecule is O=C(CNc1ccc2ccccc2c1)Nc1cccc(OCC2CCCO2)c1. The summed E-state index contributed by atoms with van der Waals surface area (Å²) in [5, 5.41) is 8.40. The van der Waals surface area contributed by atoms with Crippen molar-refractivity contribution < 1.29 is 14.3 Å². The Bertz CT molecular complexity index is 951. The van der Waals surface area contributed by atoms with Gasteiger partial charge in [-0.25, -0.2) is 0 Å². The number of nitrogens with one attached hydrogen (secondary N) is 2. The van der Waals surface area contributed by atoms with E-state index in [0.717, 1.165) is 42.0 Å². The van der Waals surface area contributed by atoms with Gasteiger partial charge in [-0.2, -0.15) is 0 Å². The summed E-state index contributed by atoms with van der Waals surface area (Å²) < 4.78 is 11.4. The molecule has 4 rings (SSSR count). The van der Waals surface area contributed by atoms with Gasteiger partial charge >= 0.3 is 0 Å². The van der Waals surface area contributed by atoms with Gasteiger partial charge < -0.3 is 20.1 Å². The fourth-order valence-electron chi connectivity index (χ4n) is 3.32. The zero-order valence-corrected chi connectivity index (χ0v) is 15.7. The molecule has 1 amide bonds. The normalized spacial score (nSPS) is 16.1. The summed E-state index contributed by atoms with van der Waals surface area (Å²) in [5.74, 6) is 0.625. The Kier molecular flexibility index (Phi) is 5.73. The number of anilines is 2. The summed E-state index contributed by atoms with van der Waals surface area (Å²) >= 11 is 0. The monoisotopic (exact) mass is 376 g/mol. The van der Waals surface area contributed by atoms with Gasteiger partial charge in [0.15, 0.2) is 0 Å². The second-order valence-electron chi connectivity index (χ2n) is 6.94. The lowest BCUT2D eigenvalue weighted by atomic mass is 10.1. The molecule has 0 bridgehead atoms. The molecular weight excluding hydrogens is 352 g/mol. The lowest BCUT2D eigenvalue weighted by Gasteiger charge is -2.13. The van der Waals surface area contributed by atoms with E-state index in [2.05, 4.69) is 22.8 Å². The summed E-state index contributed by atoms with van der Waals surface area (Å²) in [6.45, 7) is 1.55. The first-order chi connectivity index (χ1) is 13.8. The van der Waals surface area contributed by atoms with E-state index in [1.807, 2.05) is 54.6 Å². The minimum atomic E-state index is -0.107. The first kappa shape index (κ1) is 18.3. The van der Waals surface area contributed by atoms with Crippen LogP contribution in [0.4, 0.5) is 11.4 Å². The van der Waals surface area contributed by atoms with Crippen LogP contribution in [0.15, 0.2) is 66.7 Å². The van der Waals surface area contributed by atoms with Gasteiger partial charge in [0.1, 0.15) is 12.4 Å². The molecule has 1 unspecified atom stereocenters. The van der Waals surface area contributed by atoms with Gasteiger partial charge in [0, 0.05) is 24.0 Å². The Morgan fingerprint density at radius 3 is 2.75 bits per heavy atom. The first-order valence-electron chi connectivity index (χ1n) is 9.63. The standard InChI is InChI=1S/C23H24N2O3/c26-23(15-24-19-11-10-17-5-1-2-6-18(17)13-19)25-20-7-3-8-21(14-20)28-16-22-9-4-12-27-22/h1-3,5-8,10-11,13-14,22,24H,4,9,12,15-16H2,(H,25,26). The van der Waals surface area contributed by atoms with Gasteiger partial charge in [-0.3, -0.25) is 4.79 Å². The second-order valence-corrected chi connectivity index (χ2v) is 6.94. The van der Waals surface area contributed by atoms with Crippen LogP contribution in [0.3, 0.4) is 0 Å². The Hall–Kier alpha value is -3.05. The average Bonchev–Trinajstić information content (AvgIpc) is 3.25. The van der Waals surface area contributed by atoms with E-state index in [1.165, 1.54) is 5.39 Å². The van der Waals surface area contributed by atoms with Crippen molar-refractivity contribution in [2.24, 2.45) is 0 Å². The van der Waals surface area contributed by atoms with E-state index in [1.54, 1.807) is 0 Å². The molecule has 1 fully saturated rings. The fourth-order valence-corrected chi connectivity index (χ4v) is 3.32. The van der Waals surface area contributed by atoms with Crippen LogP contribution in [-0.4, -0.2) is 31.8 Å². The van der Waals surface area contributed by atoms with E-state index in [0.29, 0.717) is 6.61 Å². The molecule has 3 aromatic rings. The number of amides is 1. The van der Waals surface area contributed by atoms with Gasteiger partial charge in [0.2, 0.25) is 5.91 Å². The Morgan fingerprint density at radius 2 is 1.89 bits per heavy atom. The molecule has 1 aliphatic heterocycles. The van der Waals surface area contributed by atoms with Crippen LogP contribution in [-0.2, 0) is 9.53 Å². The highest BCUT2D eigenvalue weighted by atomic mass is 16.5.